The number of likely N-dealkylation sites (N-methyl/N-ethyl adjacent to an activating group) is 1. The summed E-state index contributed by atoms with van der Waals surface area (Å²) in [6, 6.07) is 0. The predicted molar refractivity (Wildman–Crippen MR) is 68.5 cm³/mol. The lowest BCUT2D eigenvalue weighted by Gasteiger charge is -2.41. The molecule has 0 saturated heterocycles. The Hall–Kier alpha value is -0.120. The van der Waals surface area contributed by atoms with Crippen LogP contribution in [0.15, 0.2) is 0 Å². The largest absolute Gasteiger partial charge is 0.383 e. The molecule has 0 bridgehead atoms. The summed E-state index contributed by atoms with van der Waals surface area (Å²) in [7, 11) is 3.99. The first-order chi connectivity index (χ1) is 7.71. The van der Waals surface area contributed by atoms with Gasteiger partial charge in [-0.25, -0.2) is 0 Å². The lowest BCUT2D eigenvalue weighted by Crippen LogP contribution is -2.57. The number of methoxy groups -OCH3 is 1. The van der Waals surface area contributed by atoms with Crippen LogP contribution in [0.25, 0.3) is 0 Å². The highest BCUT2D eigenvalue weighted by molar-refractivity contribution is 5.02. The fourth-order valence-electron chi connectivity index (χ4n) is 2.61. The molecule has 0 aromatic heterocycles. The molecule has 1 aliphatic carbocycles. The summed E-state index contributed by atoms with van der Waals surface area (Å²) < 4.78 is 5.41. The van der Waals surface area contributed by atoms with Gasteiger partial charge in [-0.2, -0.15) is 0 Å². The molecule has 3 nitrogen and oxygen atoms in total. The van der Waals surface area contributed by atoms with E-state index in [0.29, 0.717) is 6.54 Å². The molecular formula is C13H28N2O. The van der Waals surface area contributed by atoms with Gasteiger partial charge in [0, 0.05) is 13.7 Å². The molecule has 1 atom stereocenters. The number of rotatable bonds is 9. The van der Waals surface area contributed by atoms with Crippen LogP contribution in [0.4, 0.5) is 0 Å². The van der Waals surface area contributed by atoms with Gasteiger partial charge in [0.25, 0.3) is 0 Å². The number of ether oxygens (including phenoxy) is 1. The Morgan fingerprint density at radius 2 is 2.06 bits per heavy atom. The van der Waals surface area contributed by atoms with Crippen LogP contribution in [-0.4, -0.2) is 44.3 Å². The lowest BCUT2D eigenvalue weighted by atomic mass is 9.92. The molecule has 0 radical (unpaired) electrons. The number of nitrogens with zero attached hydrogens (tertiary/aromatic N) is 1. The van der Waals surface area contributed by atoms with Crippen LogP contribution < -0.4 is 5.73 Å². The molecule has 0 aliphatic heterocycles. The minimum absolute atomic E-state index is 0.0997. The molecule has 1 unspecified atom stereocenters. The summed E-state index contributed by atoms with van der Waals surface area (Å²) in [5, 5.41) is 0. The van der Waals surface area contributed by atoms with Gasteiger partial charge >= 0.3 is 0 Å². The van der Waals surface area contributed by atoms with Gasteiger partial charge in [0.05, 0.1) is 12.1 Å². The SMILES string of the molecule is CCCCCN(C)C(CN)(COC)C1CC1. The molecular weight excluding hydrogens is 200 g/mol. The van der Waals surface area contributed by atoms with Gasteiger partial charge < -0.3 is 10.5 Å². The highest BCUT2D eigenvalue weighted by atomic mass is 16.5. The summed E-state index contributed by atoms with van der Waals surface area (Å²) in [5.41, 5.74) is 6.12. The maximum absolute atomic E-state index is 6.02. The molecule has 0 aromatic carbocycles. The van der Waals surface area contributed by atoms with E-state index in [0.717, 1.165) is 19.1 Å². The Morgan fingerprint density at radius 3 is 2.50 bits per heavy atom. The third-order valence-electron chi connectivity index (χ3n) is 3.94. The van der Waals surface area contributed by atoms with Crippen LogP contribution >= 0.6 is 0 Å². The second kappa shape index (κ2) is 6.58. The van der Waals surface area contributed by atoms with Gasteiger partial charge in [0.2, 0.25) is 0 Å². The first-order valence-electron chi connectivity index (χ1n) is 6.61. The van der Waals surface area contributed by atoms with Crippen LogP contribution in [0.2, 0.25) is 0 Å². The van der Waals surface area contributed by atoms with Crippen molar-refractivity contribution in [3.8, 4) is 0 Å². The third-order valence-corrected chi connectivity index (χ3v) is 3.94. The van der Waals surface area contributed by atoms with E-state index in [1.54, 1.807) is 7.11 Å². The molecule has 0 heterocycles. The predicted octanol–water partition coefficient (Wildman–Crippen LogP) is 1.86. The van der Waals surface area contributed by atoms with E-state index >= 15 is 0 Å². The average Bonchev–Trinajstić information content (AvgIpc) is 3.10. The summed E-state index contributed by atoms with van der Waals surface area (Å²) in [5.74, 6) is 0.754. The Bertz CT molecular complexity index is 194. The Balaban J connectivity index is 2.52. The van der Waals surface area contributed by atoms with Crippen LogP contribution in [0, 0.1) is 5.92 Å². The van der Waals surface area contributed by atoms with Crippen LogP contribution in [0.5, 0.6) is 0 Å². The third kappa shape index (κ3) is 3.19. The first kappa shape index (κ1) is 13.9. The van der Waals surface area contributed by atoms with Crippen molar-refractivity contribution in [2.75, 3.05) is 33.9 Å². The van der Waals surface area contributed by atoms with E-state index in [1.807, 2.05) is 0 Å². The van der Waals surface area contributed by atoms with Crippen molar-refractivity contribution in [2.24, 2.45) is 11.7 Å². The minimum atomic E-state index is 0.0997. The molecule has 3 heteroatoms. The van der Waals surface area contributed by atoms with E-state index in [9.17, 15) is 0 Å². The van der Waals surface area contributed by atoms with Gasteiger partial charge in [-0.1, -0.05) is 19.8 Å². The van der Waals surface area contributed by atoms with Gasteiger partial charge in [-0.15, -0.1) is 0 Å². The summed E-state index contributed by atoms with van der Waals surface area (Å²) in [4.78, 5) is 2.45. The maximum Gasteiger partial charge on any atom is 0.0661 e. The number of hydrogen-bond donors (Lipinski definition) is 1. The average molecular weight is 228 g/mol. The van der Waals surface area contributed by atoms with Crippen molar-refractivity contribution >= 4 is 0 Å². The fraction of sp³-hybridized carbons (Fsp3) is 1.00. The van der Waals surface area contributed by atoms with Gasteiger partial charge in [0.1, 0.15) is 0 Å². The molecule has 96 valence electrons. The van der Waals surface area contributed by atoms with Crippen molar-refractivity contribution in [1.82, 2.24) is 4.90 Å². The van der Waals surface area contributed by atoms with Gasteiger partial charge in [0.15, 0.2) is 0 Å². The molecule has 1 aliphatic rings. The van der Waals surface area contributed by atoms with Crippen molar-refractivity contribution in [3.63, 3.8) is 0 Å². The van der Waals surface area contributed by atoms with Crippen LogP contribution in [0.3, 0.4) is 0 Å². The van der Waals surface area contributed by atoms with Crippen molar-refractivity contribution < 1.29 is 4.74 Å². The maximum atomic E-state index is 6.02. The second-order valence-corrected chi connectivity index (χ2v) is 5.14. The van der Waals surface area contributed by atoms with E-state index in [1.165, 1.54) is 32.1 Å². The zero-order valence-corrected chi connectivity index (χ0v) is 11.2. The van der Waals surface area contributed by atoms with Gasteiger partial charge in [-0.05, 0) is 38.8 Å². The second-order valence-electron chi connectivity index (χ2n) is 5.14. The topological polar surface area (TPSA) is 38.5 Å². The number of hydrogen-bond acceptors (Lipinski definition) is 3. The number of nitrogens with two attached hydrogens (primary N) is 1. The van der Waals surface area contributed by atoms with Crippen molar-refractivity contribution in [2.45, 2.75) is 44.6 Å². The molecule has 0 spiro atoms. The molecule has 1 rings (SSSR count). The first-order valence-corrected chi connectivity index (χ1v) is 6.61. The monoisotopic (exact) mass is 228 g/mol. The van der Waals surface area contributed by atoms with E-state index in [2.05, 4.69) is 18.9 Å². The molecule has 16 heavy (non-hydrogen) atoms. The molecule has 0 amide bonds. The van der Waals surface area contributed by atoms with Crippen molar-refractivity contribution in [3.05, 3.63) is 0 Å². The van der Waals surface area contributed by atoms with Gasteiger partial charge in [-0.3, -0.25) is 4.90 Å². The fourth-order valence-corrected chi connectivity index (χ4v) is 2.61. The van der Waals surface area contributed by atoms with Crippen molar-refractivity contribution in [1.29, 1.82) is 0 Å². The molecule has 1 fully saturated rings. The summed E-state index contributed by atoms with van der Waals surface area (Å²) >= 11 is 0. The zero-order valence-electron chi connectivity index (χ0n) is 11.2. The Kier molecular flexibility index (Phi) is 5.73. The quantitative estimate of drug-likeness (QED) is 0.612. The highest BCUT2D eigenvalue weighted by Crippen LogP contribution is 2.42. The molecule has 2 N–H and O–H groups in total. The van der Waals surface area contributed by atoms with E-state index in [-0.39, 0.29) is 5.54 Å². The standard InChI is InChI=1S/C13H28N2O/c1-4-5-6-9-15(2)13(10-14,11-16-3)12-7-8-12/h12H,4-11,14H2,1-3H3. The minimum Gasteiger partial charge on any atom is -0.383 e. The molecule has 0 aromatic rings. The summed E-state index contributed by atoms with van der Waals surface area (Å²) in [6.45, 7) is 4.88. The lowest BCUT2D eigenvalue weighted by molar-refractivity contribution is 0.0143. The Morgan fingerprint density at radius 1 is 1.38 bits per heavy atom. The Labute approximate surface area is 100 Å². The highest BCUT2D eigenvalue weighted by Gasteiger charge is 2.46. The smallest absolute Gasteiger partial charge is 0.0661 e. The van der Waals surface area contributed by atoms with E-state index < -0.39 is 0 Å². The van der Waals surface area contributed by atoms with Crippen LogP contribution in [-0.2, 0) is 4.74 Å². The summed E-state index contributed by atoms with van der Waals surface area (Å²) in [6.07, 6.45) is 6.49. The molecule has 1 saturated carbocycles. The normalized spacial score (nSPS) is 20.1. The van der Waals surface area contributed by atoms with E-state index in [4.69, 9.17) is 10.5 Å². The zero-order chi connectivity index (χ0) is 12.0. The number of unbranched alkanes of at least 4 members (excludes halogenated alkanes) is 2. The van der Waals surface area contributed by atoms with Crippen LogP contribution in [0.1, 0.15) is 39.0 Å².